The molecule has 2 aromatic rings. The molecule has 0 spiro atoms. The summed E-state index contributed by atoms with van der Waals surface area (Å²) in [6.45, 7) is 7.67. The third-order valence-electron chi connectivity index (χ3n) is 2.89. The first kappa shape index (κ1) is 12.7. The van der Waals surface area contributed by atoms with Gasteiger partial charge in [0.25, 0.3) is 0 Å². The summed E-state index contributed by atoms with van der Waals surface area (Å²) in [5.41, 5.74) is 1.38. The lowest BCUT2D eigenvalue weighted by Crippen LogP contribution is -2.22. The van der Waals surface area contributed by atoms with E-state index >= 15 is 0 Å². The maximum Gasteiger partial charge on any atom is 0.311 e. The van der Waals surface area contributed by atoms with Crippen molar-refractivity contribution in [2.24, 2.45) is 5.41 Å². The molecule has 0 bridgehead atoms. The van der Waals surface area contributed by atoms with E-state index < -0.39 is 5.41 Å². The Morgan fingerprint density at radius 2 is 1.94 bits per heavy atom. The Bertz CT molecular complexity index is 573. The smallest absolute Gasteiger partial charge is 0.311 e. The molecular weight excluding hydrogens is 228 g/mol. The van der Waals surface area contributed by atoms with E-state index in [-0.39, 0.29) is 12.6 Å². The number of hydrogen-bond donors (Lipinski definition) is 0. The van der Waals surface area contributed by atoms with Crippen LogP contribution in [-0.4, -0.2) is 5.97 Å². The first-order valence-corrected chi connectivity index (χ1v) is 6.04. The van der Waals surface area contributed by atoms with E-state index in [1.165, 1.54) is 0 Å². The van der Waals surface area contributed by atoms with E-state index in [0.717, 1.165) is 16.5 Å². The quantitative estimate of drug-likeness (QED) is 0.756. The monoisotopic (exact) mass is 246 g/mol. The van der Waals surface area contributed by atoms with E-state index in [1.807, 2.05) is 52.0 Å². The van der Waals surface area contributed by atoms with E-state index in [9.17, 15) is 4.79 Å². The molecular formula is C15H18O3. The van der Waals surface area contributed by atoms with Crippen LogP contribution in [0.4, 0.5) is 0 Å². The average molecular weight is 246 g/mol. The van der Waals surface area contributed by atoms with Crippen molar-refractivity contribution in [2.45, 2.75) is 34.3 Å². The minimum atomic E-state index is -0.486. The van der Waals surface area contributed by atoms with Gasteiger partial charge >= 0.3 is 5.97 Å². The van der Waals surface area contributed by atoms with Crippen LogP contribution in [0, 0.1) is 12.3 Å². The van der Waals surface area contributed by atoms with Crippen molar-refractivity contribution in [3.8, 4) is 0 Å². The van der Waals surface area contributed by atoms with Crippen molar-refractivity contribution in [3.05, 3.63) is 35.6 Å². The lowest BCUT2D eigenvalue weighted by molar-refractivity contribution is -0.154. The molecule has 0 aliphatic carbocycles. The van der Waals surface area contributed by atoms with Gasteiger partial charge in [0.15, 0.2) is 0 Å². The molecule has 0 amide bonds. The van der Waals surface area contributed by atoms with E-state index in [2.05, 4.69) is 0 Å². The number of hydrogen-bond acceptors (Lipinski definition) is 3. The summed E-state index contributed by atoms with van der Waals surface area (Å²) in [7, 11) is 0. The topological polar surface area (TPSA) is 39.4 Å². The van der Waals surface area contributed by atoms with Crippen molar-refractivity contribution in [1.29, 1.82) is 0 Å². The standard InChI is InChI=1S/C15H18O3/c1-10-11-7-5-6-8-12(11)18-13(10)9-17-14(16)15(2,3)4/h5-8H,9H2,1-4H3. The Labute approximate surface area is 107 Å². The molecule has 0 aliphatic rings. The van der Waals surface area contributed by atoms with Gasteiger partial charge in [-0.15, -0.1) is 0 Å². The maximum atomic E-state index is 11.7. The fourth-order valence-corrected chi connectivity index (χ4v) is 1.71. The molecule has 0 saturated heterocycles. The lowest BCUT2D eigenvalue weighted by atomic mass is 9.97. The molecule has 96 valence electrons. The molecule has 1 aromatic heterocycles. The van der Waals surface area contributed by atoms with Crippen LogP contribution in [0.15, 0.2) is 28.7 Å². The highest BCUT2D eigenvalue weighted by molar-refractivity contribution is 5.82. The Balaban J connectivity index is 2.18. The van der Waals surface area contributed by atoms with Crippen LogP contribution in [0.1, 0.15) is 32.1 Å². The summed E-state index contributed by atoms with van der Waals surface area (Å²) in [4.78, 5) is 11.7. The molecule has 0 radical (unpaired) electrons. The van der Waals surface area contributed by atoms with Gasteiger partial charge in [-0.3, -0.25) is 4.79 Å². The molecule has 1 aromatic carbocycles. The summed E-state index contributed by atoms with van der Waals surface area (Å²) in [6, 6.07) is 7.81. The summed E-state index contributed by atoms with van der Waals surface area (Å²) in [6.07, 6.45) is 0. The second kappa shape index (κ2) is 4.48. The molecule has 0 aliphatic heterocycles. The summed E-state index contributed by atoms with van der Waals surface area (Å²) < 4.78 is 11.0. The Morgan fingerprint density at radius 3 is 2.56 bits per heavy atom. The number of para-hydroxylation sites is 1. The van der Waals surface area contributed by atoms with Crippen molar-refractivity contribution in [2.75, 3.05) is 0 Å². The van der Waals surface area contributed by atoms with Gasteiger partial charge < -0.3 is 9.15 Å². The van der Waals surface area contributed by atoms with Crippen molar-refractivity contribution in [1.82, 2.24) is 0 Å². The second-order valence-corrected chi connectivity index (χ2v) is 5.47. The fraction of sp³-hybridized carbons (Fsp3) is 0.400. The predicted octanol–water partition coefficient (Wildman–Crippen LogP) is 3.83. The Hall–Kier alpha value is -1.77. The van der Waals surface area contributed by atoms with Gasteiger partial charge in [0.2, 0.25) is 0 Å². The summed E-state index contributed by atoms with van der Waals surface area (Å²) in [5, 5.41) is 1.07. The molecule has 0 atom stereocenters. The maximum absolute atomic E-state index is 11.7. The lowest BCUT2D eigenvalue weighted by Gasteiger charge is -2.15. The zero-order valence-electron chi connectivity index (χ0n) is 11.2. The van der Waals surface area contributed by atoms with Crippen LogP contribution in [0.3, 0.4) is 0 Å². The predicted molar refractivity (Wildman–Crippen MR) is 70.2 cm³/mol. The van der Waals surface area contributed by atoms with Crippen LogP contribution in [-0.2, 0) is 16.1 Å². The molecule has 2 rings (SSSR count). The third kappa shape index (κ3) is 2.40. The van der Waals surface area contributed by atoms with Gasteiger partial charge in [-0.25, -0.2) is 0 Å². The van der Waals surface area contributed by atoms with Gasteiger partial charge in [0.1, 0.15) is 18.0 Å². The molecule has 0 fully saturated rings. The molecule has 18 heavy (non-hydrogen) atoms. The van der Waals surface area contributed by atoms with Crippen molar-refractivity contribution in [3.63, 3.8) is 0 Å². The van der Waals surface area contributed by atoms with Crippen LogP contribution in [0.5, 0.6) is 0 Å². The molecule has 3 nitrogen and oxygen atoms in total. The Kier molecular flexibility index (Phi) is 3.16. The number of carbonyl (C=O) groups excluding carboxylic acids is 1. The number of aryl methyl sites for hydroxylation is 1. The van der Waals surface area contributed by atoms with Gasteiger partial charge in [-0.05, 0) is 33.8 Å². The van der Waals surface area contributed by atoms with Crippen LogP contribution >= 0.6 is 0 Å². The number of ether oxygens (including phenoxy) is 1. The SMILES string of the molecule is Cc1c(COC(=O)C(C)(C)C)oc2ccccc12. The minimum Gasteiger partial charge on any atom is -0.457 e. The largest absolute Gasteiger partial charge is 0.457 e. The number of esters is 1. The molecule has 0 unspecified atom stereocenters. The van der Waals surface area contributed by atoms with E-state index in [1.54, 1.807) is 0 Å². The summed E-state index contributed by atoms with van der Waals surface area (Å²) >= 11 is 0. The first-order valence-electron chi connectivity index (χ1n) is 6.04. The highest BCUT2D eigenvalue weighted by atomic mass is 16.5. The number of fused-ring (bicyclic) bond motifs is 1. The van der Waals surface area contributed by atoms with Crippen molar-refractivity contribution < 1.29 is 13.9 Å². The van der Waals surface area contributed by atoms with Gasteiger partial charge in [-0.1, -0.05) is 18.2 Å². The molecule has 3 heteroatoms. The fourth-order valence-electron chi connectivity index (χ4n) is 1.71. The zero-order chi connectivity index (χ0) is 13.3. The number of carbonyl (C=O) groups is 1. The number of rotatable bonds is 2. The minimum absolute atomic E-state index is 0.191. The number of furan rings is 1. The molecule has 0 N–H and O–H groups in total. The normalized spacial score (nSPS) is 11.8. The van der Waals surface area contributed by atoms with Gasteiger partial charge in [0.05, 0.1) is 5.41 Å². The first-order chi connectivity index (χ1) is 8.39. The van der Waals surface area contributed by atoms with Gasteiger partial charge in [-0.2, -0.15) is 0 Å². The van der Waals surface area contributed by atoms with E-state index in [4.69, 9.17) is 9.15 Å². The highest BCUT2D eigenvalue weighted by Gasteiger charge is 2.23. The highest BCUT2D eigenvalue weighted by Crippen LogP contribution is 2.26. The van der Waals surface area contributed by atoms with Gasteiger partial charge in [0, 0.05) is 10.9 Å². The second-order valence-electron chi connectivity index (χ2n) is 5.47. The average Bonchev–Trinajstić information content (AvgIpc) is 2.63. The zero-order valence-corrected chi connectivity index (χ0v) is 11.2. The molecule has 0 saturated carbocycles. The third-order valence-corrected chi connectivity index (χ3v) is 2.89. The van der Waals surface area contributed by atoms with Crippen LogP contribution < -0.4 is 0 Å². The summed E-state index contributed by atoms with van der Waals surface area (Å²) in [5.74, 6) is 0.496. The molecule has 1 heterocycles. The number of benzene rings is 1. The van der Waals surface area contributed by atoms with Crippen LogP contribution in [0.2, 0.25) is 0 Å². The van der Waals surface area contributed by atoms with Crippen molar-refractivity contribution >= 4 is 16.9 Å². The van der Waals surface area contributed by atoms with E-state index in [0.29, 0.717) is 5.76 Å². The Morgan fingerprint density at radius 1 is 1.28 bits per heavy atom. The van der Waals surface area contributed by atoms with Crippen LogP contribution in [0.25, 0.3) is 11.0 Å².